The summed E-state index contributed by atoms with van der Waals surface area (Å²) in [6, 6.07) is 13.1. The van der Waals surface area contributed by atoms with Gasteiger partial charge in [0.2, 0.25) is 0 Å². The topological polar surface area (TPSA) is 88.9 Å². The molecule has 162 valence electrons. The fourth-order valence-electron chi connectivity index (χ4n) is 3.13. The van der Waals surface area contributed by atoms with Gasteiger partial charge in [-0.25, -0.2) is 9.80 Å². The number of carbonyl (C=O) groups is 3. The quantitative estimate of drug-likeness (QED) is 0.335. The van der Waals surface area contributed by atoms with Crippen molar-refractivity contribution in [3.8, 4) is 11.3 Å². The van der Waals surface area contributed by atoms with Gasteiger partial charge in [-0.05, 0) is 61.0 Å². The van der Waals surface area contributed by atoms with Crippen LogP contribution in [0.1, 0.15) is 21.7 Å². The molecular weight excluding hydrogens is 455 g/mol. The monoisotopic (exact) mass is 470 g/mol. The molecule has 2 aromatic carbocycles. The third kappa shape index (κ3) is 4.00. The lowest BCUT2D eigenvalue weighted by Crippen LogP contribution is -2.35. The van der Waals surface area contributed by atoms with Crippen molar-refractivity contribution in [3.63, 3.8) is 0 Å². The van der Waals surface area contributed by atoms with Crippen molar-refractivity contribution >= 4 is 52.7 Å². The van der Waals surface area contributed by atoms with Crippen molar-refractivity contribution in [2.24, 2.45) is 0 Å². The lowest BCUT2D eigenvalue weighted by molar-refractivity contribution is -0.117. The van der Waals surface area contributed by atoms with Gasteiger partial charge in [0.25, 0.3) is 11.8 Å². The highest BCUT2D eigenvalue weighted by Crippen LogP contribution is 2.30. The van der Waals surface area contributed by atoms with Gasteiger partial charge in [0.05, 0.1) is 23.4 Å². The highest BCUT2D eigenvalue weighted by molar-refractivity contribution is 6.34. The molecule has 1 aliphatic rings. The smallest absolute Gasteiger partial charge is 0.339 e. The molecule has 32 heavy (non-hydrogen) atoms. The molecule has 1 aliphatic heterocycles. The summed E-state index contributed by atoms with van der Waals surface area (Å²) in [6.07, 6.45) is 1.36. The number of aryl methyl sites for hydroxylation is 1. The van der Waals surface area contributed by atoms with Crippen LogP contribution in [-0.2, 0) is 14.3 Å². The number of hydrogen-bond acceptors (Lipinski definition) is 5. The normalized spacial score (nSPS) is 14.8. The minimum atomic E-state index is -0.574. The van der Waals surface area contributed by atoms with Crippen molar-refractivity contribution in [2.45, 2.75) is 6.92 Å². The first-order chi connectivity index (χ1) is 15.3. The Labute approximate surface area is 193 Å². The Morgan fingerprint density at radius 3 is 2.56 bits per heavy atom. The number of esters is 1. The molecule has 1 aromatic heterocycles. The average Bonchev–Trinajstić information content (AvgIpc) is 3.36. The zero-order valence-electron chi connectivity index (χ0n) is 16.9. The number of methoxy groups -OCH3 is 1. The molecule has 4 rings (SSSR count). The minimum absolute atomic E-state index is 0.0889. The molecule has 1 N–H and O–H groups in total. The molecule has 3 aromatic rings. The molecule has 0 radical (unpaired) electrons. The van der Waals surface area contributed by atoms with Crippen LogP contribution in [0.25, 0.3) is 17.4 Å². The predicted octanol–water partition coefficient (Wildman–Crippen LogP) is 4.81. The molecule has 9 heteroatoms. The average molecular weight is 471 g/mol. The third-order valence-corrected chi connectivity index (χ3v) is 5.61. The van der Waals surface area contributed by atoms with Crippen LogP contribution in [0.15, 0.2) is 58.5 Å². The molecule has 0 unspecified atom stereocenters. The van der Waals surface area contributed by atoms with Gasteiger partial charge in [0, 0.05) is 10.6 Å². The van der Waals surface area contributed by atoms with Gasteiger partial charge in [0.15, 0.2) is 0 Å². The summed E-state index contributed by atoms with van der Waals surface area (Å²) < 4.78 is 10.5. The van der Waals surface area contributed by atoms with E-state index in [1.54, 1.807) is 48.5 Å². The number of ether oxygens (including phenoxy) is 1. The van der Waals surface area contributed by atoms with Gasteiger partial charge in [-0.15, -0.1) is 0 Å². The Bertz CT molecular complexity index is 1300. The fraction of sp³-hybridized carbons (Fsp3) is 0.0870. The van der Waals surface area contributed by atoms with Gasteiger partial charge < -0.3 is 9.15 Å². The standard InChI is InChI=1S/C23H16Cl2N2O5/c1-12-3-5-14(10-19(12)25)27-22(29)17(21(28)26-27)11-15-6-8-20(32-15)13-4-7-18(24)16(9-13)23(30)31-2/h3-11H,1-2H3,(H,26,28). The maximum Gasteiger partial charge on any atom is 0.339 e. The van der Waals surface area contributed by atoms with Crippen LogP contribution in [0.2, 0.25) is 10.0 Å². The van der Waals surface area contributed by atoms with E-state index in [1.807, 2.05) is 6.92 Å². The number of nitrogens with zero attached hydrogens (tertiary/aromatic N) is 1. The maximum absolute atomic E-state index is 12.8. The summed E-state index contributed by atoms with van der Waals surface area (Å²) in [7, 11) is 1.26. The molecule has 0 saturated carbocycles. The summed E-state index contributed by atoms with van der Waals surface area (Å²) in [5.74, 6) is -0.963. The first-order valence-corrected chi connectivity index (χ1v) is 10.2. The Morgan fingerprint density at radius 1 is 1.06 bits per heavy atom. The van der Waals surface area contributed by atoms with Crippen LogP contribution in [0.5, 0.6) is 0 Å². The number of hydrogen-bond donors (Lipinski definition) is 1. The summed E-state index contributed by atoms with van der Waals surface area (Å²) in [5, 5.41) is 1.86. The van der Waals surface area contributed by atoms with E-state index in [-0.39, 0.29) is 21.9 Å². The van der Waals surface area contributed by atoms with Crippen LogP contribution in [0, 0.1) is 6.92 Å². The van der Waals surface area contributed by atoms with Crippen molar-refractivity contribution in [1.29, 1.82) is 0 Å². The number of furan rings is 1. The molecule has 0 spiro atoms. The molecule has 2 heterocycles. The van der Waals surface area contributed by atoms with Crippen molar-refractivity contribution in [3.05, 3.63) is 81.0 Å². The summed E-state index contributed by atoms with van der Waals surface area (Å²) >= 11 is 12.2. The van der Waals surface area contributed by atoms with Gasteiger partial charge in [-0.2, -0.15) is 0 Å². The first-order valence-electron chi connectivity index (χ1n) is 9.40. The zero-order chi connectivity index (χ0) is 23.0. The highest BCUT2D eigenvalue weighted by atomic mass is 35.5. The molecule has 0 aliphatic carbocycles. The van der Waals surface area contributed by atoms with Crippen LogP contribution >= 0.6 is 23.2 Å². The Hall–Kier alpha value is -3.55. The van der Waals surface area contributed by atoms with E-state index in [1.165, 1.54) is 13.2 Å². The van der Waals surface area contributed by atoms with Crippen LogP contribution in [-0.4, -0.2) is 24.9 Å². The zero-order valence-corrected chi connectivity index (χ0v) is 18.5. The second kappa shape index (κ2) is 8.53. The van der Waals surface area contributed by atoms with E-state index in [2.05, 4.69) is 5.43 Å². The van der Waals surface area contributed by atoms with E-state index >= 15 is 0 Å². The molecule has 7 nitrogen and oxygen atoms in total. The Kier molecular flexibility index (Phi) is 5.78. The van der Waals surface area contributed by atoms with Gasteiger partial charge >= 0.3 is 5.97 Å². The minimum Gasteiger partial charge on any atom is -0.465 e. The van der Waals surface area contributed by atoms with Crippen molar-refractivity contribution in [1.82, 2.24) is 5.43 Å². The van der Waals surface area contributed by atoms with Gasteiger partial charge in [-0.3, -0.25) is 15.0 Å². The van der Waals surface area contributed by atoms with Crippen LogP contribution in [0.3, 0.4) is 0 Å². The number of halogens is 2. The Morgan fingerprint density at radius 2 is 1.84 bits per heavy atom. The number of amides is 2. The van der Waals surface area contributed by atoms with E-state index in [0.29, 0.717) is 22.0 Å². The maximum atomic E-state index is 12.8. The van der Waals surface area contributed by atoms with Crippen molar-refractivity contribution < 1.29 is 23.5 Å². The number of nitrogens with one attached hydrogen (secondary N) is 1. The number of carbonyl (C=O) groups excluding carboxylic acids is 3. The lowest BCUT2D eigenvalue weighted by Gasteiger charge is -2.15. The second-order valence-electron chi connectivity index (χ2n) is 6.96. The molecule has 1 fully saturated rings. The fourth-order valence-corrected chi connectivity index (χ4v) is 3.50. The number of anilines is 1. The SMILES string of the molecule is COC(=O)c1cc(-c2ccc(C=C3C(=O)NN(c4ccc(C)c(Cl)c4)C3=O)o2)ccc1Cl. The van der Waals surface area contributed by atoms with Gasteiger partial charge in [-0.1, -0.05) is 29.3 Å². The van der Waals surface area contributed by atoms with Crippen LogP contribution < -0.4 is 10.4 Å². The van der Waals surface area contributed by atoms with E-state index in [9.17, 15) is 14.4 Å². The summed E-state index contributed by atoms with van der Waals surface area (Å²) in [5.41, 5.74) is 4.50. The predicted molar refractivity (Wildman–Crippen MR) is 120 cm³/mol. The second-order valence-corrected chi connectivity index (χ2v) is 7.78. The largest absolute Gasteiger partial charge is 0.465 e. The number of hydrazine groups is 1. The van der Waals surface area contributed by atoms with E-state index in [0.717, 1.165) is 10.6 Å². The molecule has 0 atom stereocenters. The summed E-state index contributed by atoms with van der Waals surface area (Å²) in [6.45, 7) is 1.84. The van der Waals surface area contributed by atoms with Crippen LogP contribution in [0.4, 0.5) is 5.69 Å². The van der Waals surface area contributed by atoms with Crippen molar-refractivity contribution in [2.75, 3.05) is 12.1 Å². The highest BCUT2D eigenvalue weighted by Gasteiger charge is 2.35. The van der Waals surface area contributed by atoms with Gasteiger partial charge in [0.1, 0.15) is 17.1 Å². The first kappa shape index (κ1) is 21.7. The Balaban J connectivity index is 1.62. The third-order valence-electron chi connectivity index (χ3n) is 4.87. The van der Waals surface area contributed by atoms with E-state index in [4.69, 9.17) is 32.4 Å². The number of rotatable bonds is 4. The molecule has 2 amide bonds. The summed E-state index contributed by atoms with van der Waals surface area (Å²) in [4.78, 5) is 37.1. The lowest BCUT2D eigenvalue weighted by atomic mass is 10.1. The molecule has 1 saturated heterocycles. The van der Waals surface area contributed by atoms with E-state index < -0.39 is 17.8 Å². The number of benzene rings is 2. The molecular formula is C23H16Cl2N2O5. The molecule has 0 bridgehead atoms.